The van der Waals surface area contributed by atoms with Crippen molar-refractivity contribution in [3.8, 4) is 23.3 Å². The van der Waals surface area contributed by atoms with E-state index in [0.29, 0.717) is 35.9 Å². The van der Waals surface area contributed by atoms with Crippen LogP contribution in [0.3, 0.4) is 0 Å². The van der Waals surface area contributed by atoms with Gasteiger partial charge in [-0.05, 0) is 41.3 Å². The van der Waals surface area contributed by atoms with E-state index in [2.05, 4.69) is 6.07 Å². The molecule has 0 saturated carbocycles. The van der Waals surface area contributed by atoms with Gasteiger partial charge in [-0.1, -0.05) is 24.3 Å². The first-order valence-electron chi connectivity index (χ1n) is 8.89. The highest BCUT2D eigenvalue weighted by Gasteiger charge is 2.23. The van der Waals surface area contributed by atoms with Crippen LogP contribution in [0.15, 0.2) is 42.0 Å². The fourth-order valence-electron chi connectivity index (χ4n) is 3.33. The molecule has 1 aliphatic heterocycles. The summed E-state index contributed by atoms with van der Waals surface area (Å²) in [7, 11) is 4.56. The second-order valence-electron chi connectivity index (χ2n) is 6.37. The molecule has 6 nitrogen and oxygen atoms in total. The van der Waals surface area contributed by atoms with Gasteiger partial charge in [-0.2, -0.15) is 5.26 Å². The Morgan fingerprint density at radius 3 is 2.29 bits per heavy atom. The average molecular weight is 378 g/mol. The van der Waals surface area contributed by atoms with Crippen molar-refractivity contribution in [2.45, 2.75) is 13.0 Å². The summed E-state index contributed by atoms with van der Waals surface area (Å²) in [5.41, 5.74) is 3.05. The Hall–Kier alpha value is -3.46. The Balaban J connectivity index is 1.90. The lowest BCUT2D eigenvalue weighted by Gasteiger charge is -2.28. The van der Waals surface area contributed by atoms with Crippen molar-refractivity contribution < 1.29 is 19.0 Å². The van der Waals surface area contributed by atoms with Crippen molar-refractivity contribution in [3.05, 3.63) is 58.7 Å². The predicted octanol–water partition coefficient (Wildman–Crippen LogP) is 3.20. The van der Waals surface area contributed by atoms with E-state index >= 15 is 0 Å². The first-order valence-corrected chi connectivity index (χ1v) is 8.89. The van der Waals surface area contributed by atoms with E-state index in [1.807, 2.05) is 24.3 Å². The molecule has 144 valence electrons. The fraction of sp³-hybridized carbons (Fsp3) is 0.273. The van der Waals surface area contributed by atoms with E-state index in [1.165, 1.54) is 26.9 Å². The third kappa shape index (κ3) is 3.79. The molecule has 0 fully saturated rings. The number of carbonyl (C=O) groups is 1. The van der Waals surface area contributed by atoms with Gasteiger partial charge >= 0.3 is 0 Å². The molecule has 0 atom stereocenters. The minimum Gasteiger partial charge on any atom is -0.493 e. The van der Waals surface area contributed by atoms with Crippen LogP contribution in [0.1, 0.15) is 16.7 Å². The van der Waals surface area contributed by atoms with Gasteiger partial charge in [0.25, 0.3) is 5.91 Å². The lowest BCUT2D eigenvalue weighted by Crippen LogP contribution is -2.36. The molecular weight excluding hydrogens is 356 g/mol. The van der Waals surface area contributed by atoms with Crippen LogP contribution in [0.4, 0.5) is 0 Å². The number of carbonyl (C=O) groups excluding carboxylic acids is 1. The van der Waals surface area contributed by atoms with Gasteiger partial charge in [0.1, 0.15) is 11.6 Å². The standard InChI is InChI=1S/C22H22N2O4/c1-26-19-11-15(12-20(27-2)21(19)28-3)10-18(13-23)22(25)24-9-8-16-6-4-5-7-17(16)14-24/h4-7,10-12H,8-9,14H2,1-3H3/b18-10+. The van der Waals surface area contributed by atoms with Crippen molar-refractivity contribution in [3.63, 3.8) is 0 Å². The van der Waals surface area contributed by atoms with Crippen LogP contribution in [0.2, 0.25) is 0 Å². The maximum absolute atomic E-state index is 12.9. The van der Waals surface area contributed by atoms with Gasteiger partial charge in [-0.3, -0.25) is 4.79 Å². The van der Waals surface area contributed by atoms with Crippen molar-refractivity contribution in [1.29, 1.82) is 5.26 Å². The van der Waals surface area contributed by atoms with Crippen molar-refractivity contribution in [2.75, 3.05) is 27.9 Å². The minimum absolute atomic E-state index is 0.0636. The Morgan fingerprint density at radius 1 is 1.07 bits per heavy atom. The fourth-order valence-corrected chi connectivity index (χ4v) is 3.33. The maximum Gasteiger partial charge on any atom is 0.264 e. The highest BCUT2D eigenvalue weighted by molar-refractivity contribution is 6.01. The number of nitriles is 1. The molecule has 0 aliphatic carbocycles. The van der Waals surface area contributed by atoms with E-state index in [1.54, 1.807) is 23.1 Å². The van der Waals surface area contributed by atoms with Crippen molar-refractivity contribution in [1.82, 2.24) is 4.90 Å². The third-order valence-electron chi connectivity index (χ3n) is 4.77. The molecule has 0 N–H and O–H groups in total. The lowest BCUT2D eigenvalue weighted by molar-refractivity contribution is -0.127. The first kappa shape index (κ1) is 19.3. The van der Waals surface area contributed by atoms with E-state index in [0.717, 1.165) is 12.0 Å². The number of methoxy groups -OCH3 is 3. The zero-order valence-corrected chi connectivity index (χ0v) is 16.2. The number of nitrogens with zero attached hydrogens (tertiary/aromatic N) is 2. The molecule has 2 aromatic rings. The van der Waals surface area contributed by atoms with E-state index in [-0.39, 0.29) is 11.5 Å². The Morgan fingerprint density at radius 2 is 1.71 bits per heavy atom. The van der Waals surface area contributed by atoms with Gasteiger partial charge in [0.15, 0.2) is 11.5 Å². The Kier molecular flexibility index (Phi) is 5.85. The summed E-state index contributed by atoms with van der Waals surface area (Å²) in [6.07, 6.45) is 2.33. The van der Waals surface area contributed by atoms with Crippen LogP contribution in [0, 0.1) is 11.3 Å². The minimum atomic E-state index is -0.286. The smallest absolute Gasteiger partial charge is 0.264 e. The molecule has 2 aromatic carbocycles. The van der Waals surface area contributed by atoms with Crippen LogP contribution in [-0.4, -0.2) is 38.7 Å². The van der Waals surface area contributed by atoms with E-state index < -0.39 is 0 Å². The van der Waals surface area contributed by atoms with Crippen LogP contribution in [0.25, 0.3) is 6.08 Å². The number of hydrogen-bond acceptors (Lipinski definition) is 5. The highest BCUT2D eigenvalue weighted by Crippen LogP contribution is 2.38. The summed E-state index contributed by atoms with van der Waals surface area (Å²) in [5.74, 6) is 1.10. The zero-order valence-electron chi connectivity index (χ0n) is 16.2. The second kappa shape index (κ2) is 8.49. The topological polar surface area (TPSA) is 71.8 Å². The van der Waals surface area contributed by atoms with Gasteiger partial charge in [-0.25, -0.2) is 0 Å². The van der Waals surface area contributed by atoms with Gasteiger partial charge in [-0.15, -0.1) is 0 Å². The number of hydrogen-bond donors (Lipinski definition) is 0. The summed E-state index contributed by atoms with van der Waals surface area (Å²) in [6, 6.07) is 13.5. The molecule has 3 rings (SSSR count). The largest absolute Gasteiger partial charge is 0.493 e. The molecular formula is C22H22N2O4. The van der Waals surface area contributed by atoms with Crippen LogP contribution in [-0.2, 0) is 17.8 Å². The number of fused-ring (bicyclic) bond motifs is 1. The van der Waals surface area contributed by atoms with Crippen LogP contribution >= 0.6 is 0 Å². The number of ether oxygens (including phenoxy) is 3. The number of benzene rings is 2. The molecule has 0 saturated heterocycles. The highest BCUT2D eigenvalue weighted by atomic mass is 16.5. The van der Waals surface area contributed by atoms with Gasteiger partial charge < -0.3 is 19.1 Å². The summed E-state index contributed by atoms with van der Waals surface area (Å²) < 4.78 is 16.0. The summed E-state index contributed by atoms with van der Waals surface area (Å²) in [4.78, 5) is 14.6. The first-order chi connectivity index (χ1) is 13.6. The quantitative estimate of drug-likeness (QED) is 0.590. The summed E-state index contributed by atoms with van der Waals surface area (Å²) in [5, 5.41) is 9.58. The van der Waals surface area contributed by atoms with E-state index in [4.69, 9.17) is 14.2 Å². The SMILES string of the molecule is COc1cc(/C=C(\C#N)C(=O)N2CCc3ccccc3C2)cc(OC)c1OC. The molecule has 1 heterocycles. The molecule has 1 amide bonds. The maximum atomic E-state index is 12.9. The third-order valence-corrected chi connectivity index (χ3v) is 4.77. The monoisotopic (exact) mass is 378 g/mol. The zero-order chi connectivity index (χ0) is 20.1. The molecule has 0 radical (unpaired) electrons. The molecule has 6 heteroatoms. The molecule has 0 bridgehead atoms. The Bertz CT molecular complexity index is 934. The lowest BCUT2D eigenvalue weighted by atomic mass is 9.99. The predicted molar refractivity (Wildman–Crippen MR) is 105 cm³/mol. The average Bonchev–Trinajstić information content (AvgIpc) is 2.75. The number of amides is 1. The van der Waals surface area contributed by atoms with E-state index in [9.17, 15) is 10.1 Å². The molecule has 0 unspecified atom stereocenters. The van der Waals surface area contributed by atoms with Gasteiger partial charge in [0.2, 0.25) is 5.75 Å². The van der Waals surface area contributed by atoms with Gasteiger partial charge in [0.05, 0.1) is 21.3 Å². The van der Waals surface area contributed by atoms with Crippen LogP contribution in [0.5, 0.6) is 17.2 Å². The van der Waals surface area contributed by atoms with Crippen molar-refractivity contribution in [2.24, 2.45) is 0 Å². The normalized spacial score (nSPS) is 13.4. The van der Waals surface area contributed by atoms with Crippen LogP contribution < -0.4 is 14.2 Å². The van der Waals surface area contributed by atoms with Gasteiger partial charge in [0, 0.05) is 13.1 Å². The summed E-state index contributed by atoms with van der Waals surface area (Å²) >= 11 is 0. The molecule has 1 aliphatic rings. The Labute approximate surface area is 164 Å². The second-order valence-corrected chi connectivity index (χ2v) is 6.37. The van der Waals surface area contributed by atoms with Crippen molar-refractivity contribution >= 4 is 12.0 Å². The number of rotatable bonds is 5. The molecule has 28 heavy (non-hydrogen) atoms. The summed E-state index contributed by atoms with van der Waals surface area (Å²) in [6.45, 7) is 1.09. The molecule has 0 spiro atoms. The molecule has 0 aromatic heterocycles.